The number of nitrogens with zero attached hydrogens (tertiary/aromatic N) is 3. The van der Waals surface area contributed by atoms with Gasteiger partial charge in [0.05, 0.1) is 26.2 Å². The number of benzene rings is 1. The van der Waals surface area contributed by atoms with E-state index >= 15 is 0 Å². The molecule has 0 saturated carbocycles. The van der Waals surface area contributed by atoms with E-state index in [9.17, 15) is 20.0 Å². The van der Waals surface area contributed by atoms with Crippen molar-refractivity contribution in [2.45, 2.75) is 19.4 Å². The molecule has 0 bridgehead atoms. The van der Waals surface area contributed by atoms with Crippen molar-refractivity contribution in [2.75, 3.05) is 14.2 Å². The number of aromatic nitrogens is 2. The first-order valence-corrected chi connectivity index (χ1v) is 7.26. The lowest BCUT2D eigenvalue weighted by Crippen LogP contribution is -2.43. The summed E-state index contributed by atoms with van der Waals surface area (Å²) in [7, 11) is 2.96. The van der Waals surface area contributed by atoms with E-state index in [0.717, 1.165) is 10.9 Å². The zero-order valence-corrected chi connectivity index (χ0v) is 14.2. The van der Waals surface area contributed by atoms with Gasteiger partial charge in [0.1, 0.15) is 17.2 Å². The zero-order chi connectivity index (χ0) is 18.8. The molecule has 8 nitrogen and oxygen atoms in total. The standard InChI is InChI=1S/C17H17N3O5/c1-17(2,16(22)23)20-9-19-14(11(8-18)15(20)21)10-5-6-12(24-3)13(7-10)25-4/h5-7,9H,1-4H3,(H,22,23). The molecular weight excluding hydrogens is 326 g/mol. The molecule has 1 heterocycles. The predicted octanol–water partition coefficient (Wildman–Crippen LogP) is 1.62. The summed E-state index contributed by atoms with van der Waals surface area (Å²) in [6, 6.07) is 6.67. The fourth-order valence-electron chi connectivity index (χ4n) is 2.26. The molecule has 8 heteroatoms. The Morgan fingerprint density at radius 1 is 1.28 bits per heavy atom. The first kappa shape index (κ1) is 18.0. The molecule has 1 aromatic heterocycles. The first-order valence-electron chi connectivity index (χ1n) is 7.26. The Balaban J connectivity index is 2.70. The Hall–Kier alpha value is -3.34. The second kappa shape index (κ2) is 6.65. The average molecular weight is 343 g/mol. The fraction of sp³-hybridized carbons (Fsp3) is 0.294. The van der Waals surface area contributed by atoms with E-state index in [1.807, 2.05) is 6.07 Å². The number of hydrogen-bond donors (Lipinski definition) is 1. The van der Waals surface area contributed by atoms with Crippen molar-refractivity contribution in [1.29, 1.82) is 5.26 Å². The summed E-state index contributed by atoms with van der Waals surface area (Å²) in [5.74, 6) is -0.301. The van der Waals surface area contributed by atoms with Crippen molar-refractivity contribution >= 4 is 5.97 Å². The number of methoxy groups -OCH3 is 2. The maximum Gasteiger partial charge on any atom is 0.329 e. The summed E-state index contributed by atoms with van der Waals surface area (Å²) >= 11 is 0. The lowest BCUT2D eigenvalue weighted by atomic mass is 10.0. The average Bonchev–Trinajstić information content (AvgIpc) is 2.60. The molecule has 130 valence electrons. The summed E-state index contributed by atoms with van der Waals surface area (Å²) in [6.07, 6.45) is 1.13. The van der Waals surface area contributed by atoms with Gasteiger partial charge in [0.15, 0.2) is 11.5 Å². The van der Waals surface area contributed by atoms with E-state index in [-0.39, 0.29) is 11.3 Å². The SMILES string of the molecule is COc1ccc(-c2ncn(C(C)(C)C(=O)O)c(=O)c2C#N)cc1OC. The Kier molecular flexibility index (Phi) is 4.79. The van der Waals surface area contributed by atoms with E-state index in [2.05, 4.69) is 4.98 Å². The number of nitriles is 1. The molecule has 2 rings (SSSR count). The summed E-state index contributed by atoms with van der Waals surface area (Å²) in [4.78, 5) is 28.1. The Labute approximate surface area is 143 Å². The van der Waals surface area contributed by atoms with E-state index in [1.165, 1.54) is 28.1 Å². The first-order chi connectivity index (χ1) is 11.8. The molecule has 2 aromatic rings. The third-order valence-electron chi connectivity index (χ3n) is 3.87. The van der Waals surface area contributed by atoms with Crippen molar-refractivity contribution in [3.63, 3.8) is 0 Å². The molecule has 0 aliphatic rings. The third-order valence-corrected chi connectivity index (χ3v) is 3.87. The Morgan fingerprint density at radius 3 is 2.44 bits per heavy atom. The minimum atomic E-state index is -1.54. The van der Waals surface area contributed by atoms with Crippen molar-refractivity contribution < 1.29 is 19.4 Å². The maximum absolute atomic E-state index is 12.6. The van der Waals surface area contributed by atoms with Crippen molar-refractivity contribution in [3.05, 3.63) is 40.4 Å². The molecule has 1 aromatic carbocycles. The number of carbonyl (C=O) groups is 1. The normalized spacial score (nSPS) is 10.8. The molecule has 0 unspecified atom stereocenters. The molecule has 0 atom stereocenters. The number of ether oxygens (including phenoxy) is 2. The summed E-state index contributed by atoms with van der Waals surface area (Å²) in [6.45, 7) is 2.71. The van der Waals surface area contributed by atoms with Gasteiger partial charge in [0.2, 0.25) is 0 Å². The quantitative estimate of drug-likeness (QED) is 0.877. The molecule has 0 amide bonds. The third kappa shape index (κ3) is 3.04. The van der Waals surface area contributed by atoms with E-state index in [4.69, 9.17) is 9.47 Å². The Bertz CT molecular complexity index is 925. The van der Waals surface area contributed by atoms with Gasteiger partial charge in [-0.1, -0.05) is 0 Å². The largest absolute Gasteiger partial charge is 0.493 e. The minimum absolute atomic E-state index is 0.144. The topological polar surface area (TPSA) is 114 Å². The highest BCUT2D eigenvalue weighted by molar-refractivity contribution is 5.76. The van der Waals surface area contributed by atoms with Crippen LogP contribution < -0.4 is 15.0 Å². The maximum atomic E-state index is 12.6. The van der Waals surface area contributed by atoms with Gasteiger partial charge in [-0.3, -0.25) is 9.36 Å². The number of carboxylic acid groups (broad SMARTS) is 1. The second-order valence-electron chi connectivity index (χ2n) is 5.69. The lowest BCUT2D eigenvalue weighted by Gasteiger charge is -2.22. The van der Waals surface area contributed by atoms with E-state index < -0.39 is 17.1 Å². The van der Waals surface area contributed by atoms with Crippen LogP contribution in [0.2, 0.25) is 0 Å². The van der Waals surface area contributed by atoms with Gasteiger partial charge in [-0.05, 0) is 32.0 Å². The van der Waals surface area contributed by atoms with Crippen LogP contribution in [0.1, 0.15) is 19.4 Å². The highest BCUT2D eigenvalue weighted by Gasteiger charge is 2.32. The van der Waals surface area contributed by atoms with Gasteiger partial charge < -0.3 is 14.6 Å². The van der Waals surface area contributed by atoms with Crippen LogP contribution in [0, 0.1) is 11.3 Å². The molecule has 0 aliphatic carbocycles. The van der Waals surface area contributed by atoms with Crippen LogP contribution in [-0.4, -0.2) is 34.8 Å². The highest BCUT2D eigenvalue weighted by atomic mass is 16.5. The number of rotatable bonds is 5. The summed E-state index contributed by atoms with van der Waals surface area (Å²) in [5, 5.41) is 18.7. The molecule has 25 heavy (non-hydrogen) atoms. The number of carboxylic acids is 1. The van der Waals surface area contributed by atoms with Crippen LogP contribution >= 0.6 is 0 Å². The smallest absolute Gasteiger partial charge is 0.329 e. The van der Waals surface area contributed by atoms with Crippen LogP contribution in [0.5, 0.6) is 11.5 Å². The molecule has 0 saturated heterocycles. The van der Waals surface area contributed by atoms with Crippen molar-refractivity contribution in [2.24, 2.45) is 0 Å². The monoisotopic (exact) mass is 343 g/mol. The van der Waals surface area contributed by atoms with Gasteiger partial charge in [-0.25, -0.2) is 9.78 Å². The van der Waals surface area contributed by atoms with Gasteiger partial charge in [-0.2, -0.15) is 5.26 Å². The molecule has 0 aliphatic heterocycles. The summed E-state index contributed by atoms with van der Waals surface area (Å²) in [5.41, 5.74) is -1.89. The fourth-order valence-corrected chi connectivity index (χ4v) is 2.26. The highest BCUT2D eigenvalue weighted by Crippen LogP contribution is 2.32. The molecule has 0 spiro atoms. The minimum Gasteiger partial charge on any atom is -0.493 e. The molecular formula is C17H17N3O5. The van der Waals surface area contributed by atoms with Crippen LogP contribution in [0.4, 0.5) is 0 Å². The van der Waals surface area contributed by atoms with Gasteiger partial charge in [0, 0.05) is 5.56 Å². The number of hydrogen-bond acceptors (Lipinski definition) is 6. The van der Waals surface area contributed by atoms with Crippen molar-refractivity contribution in [1.82, 2.24) is 9.55 Å². The van der Waals surface area contributed by atoms with Gasteiger partial charge in [0.25, 0.3) is 5.56 Å². The summed E-state index contributed by atoms with van der Waals surface area (Å²) < 4.78 is 11.3. The second-order valence-corrected chi connectivity index (χ2v) is 5.69. The molecule has 0 fully saturated rings. The van der Waals surface area contributed by atoms with Gasteiger partial charge in [-0.15, -0.1) is 0 Å². The zero-order valence-electron chi connectivity index (χ0n) is 14.2. The van der Waals surface area contributed by atoms with Crippen molar-refractivity contribution in [3.8, 4) is 28.8 Å². The van der Waals surface area contributed by atoms with Crippen LogP contribution in [0.3, 0.4) is 0 Å². The lowest BCUT2D eigenvalue weighted by molar-refractivity contribution is -0.145. The van der Waals surface area contributed by atoms with Crippen LogP contribution in [0.15, 0.2) is 29.3 Å². The van der Waals surface area contributed by atoms with Crippen LogP contribution in [0.25, 0.3) is 11.3 Å². The van der Waals surface area contributed by atoms with Crippen LogP contribution in [-0.2, 0) is 10.3 Å². The van der Waals surface area contributed by atoms with E-state index in [0.29, 0.717) is 17.1 Å². The molecule has 0 radical (unpaired) electrons. The Morgan fingerprint density at radius 2 is 1.92 bits per heavy atom. The van der Waals surface area contributed by atoms with Gasteiger partial charge >= 0.3 is 5.97 Å². The number of aliphatic carboxylic acids is 1. The predicted molar refractivity (Wildman–Crippen MR) is 88.7 cm³/mol. The van der Waals surface area contributed by atoms with E-state index in [1.54, 1.807) is 18.2 Å². The molecule has 1 N–H and O–H groups in total.